The Labute approximate surface area is 113 Å². The minimum absolute atomic E-state index is 0.145. The molecule has 2 heterocycles. The normalized spacial score (nSPS) is 18.8. The average Bonchev–Trinajstić information content (AvgIpc) is 2.87. The van der Waals surface area contributed by atoms with Crippen LogP contribution >= 0.6 is 15.9 Å². The molecule has 2 rings (SSSR count). The molecule has 0 radical (unpaired) electrons. The first-order valence-electron chi connectivity index (χ1n) is 5.60. The third kappa shape index (κ3) is 2.69. The molecule has 1 aromatic rings. The van der Waals surface area contributed by atoms with Crippen LogP contribution in [0.2, 0.25) is 0 Å². The SMILES string of the molecule is COC(=O)C1CCN(C(=O)c2ccc(Br)cn2)C1. The molecule has 18 heavy (non-hydrogen) atoms. The number of carbonyl (C=O) groups is 2. The highest BCUT2D eigenvalue weighted by Gasteiger charge is 2.32. The van der Waals surface area contributed by atoms with E-state index in [0.717, 1.165) is 4.47 Å². The number of hydrogen-bond donors (Lipinski definition) is 0. The Morgan fingerprint density at radius 2 is 2.28 bits per heavy atom. The lowest BCUT2D eigenvalue weighted by molar-refractivity contribution is -0.144. The summed E-state index contributed by atoms with van der Waals surface area (Å²) in [4.78, 5) is 29.2. The van der Waals surface area contributed by atoms with E-state index in [4.69, 9.17) is 0 Å². The van der Waals surface area contributed by atoms with Gasteiger partial charge in [-0.2, -0.15) is 0 Å². The number of hydrogen-bond acceptors (Lipinski definition) is 4. The van der Waals surface area contributed by atoms with Crippen LogP contribution in [0.4, 0.5) is 0 Å². The Bertz CT molecular complexity index is 461. The molecule has 0 N–H and O–H groups in total. The topological polar surface area (TPSA) is 59.5 Å². The maximum Gasteiger partial charge on any atom is 0.310 e. The van der Waals surface area contributed by atoms with E-state index in [0.29, 0.717) is 25.2 Å². The van der Waals surface area contributed by atoms with Crippen LogP contribution in [-0.2, 0) is 9.53 Å². The summed E-state index contributed by atoms with van der Waals surface area (Å²) in [5, 5.41) is 0. The zero-order chi connectivity index (χ0) is 13.1. The second-order valence-electron chi connectivity index (χ2n) is 4.12. The zero-order valence-electron chi connectivity index (χ0n) is 9.93. The fourth-order valence-electron chi connectivity index (χ4n) is 1.97. The molecule has 1 aliphatic heterocycles. The van der Waals surface area contributed by atoms with Gasteiger partial charge in [0.05, 0.1) is 13.0 Å². The van der Waals surface area contributed by atoms with Crippen molar-refractivity contribution in [1.82, 2.24) is 9.88 Å². The van der Waals surface area contributed by atoms with Gasteiger partial charge in [0.2, 0.25) is 0 Å². The number of nitrogens with zero attached hydrogens (tertiary/aromatic N) is 2. The Balaban J connectivity index is 2.03. The monoisotopic (exact) mass is 312 g/mol. The fourth-order valence-corrected chi connectivity index (χ4v) is 2.20. The van der Waals surface area contributed by atoms with Crippen molar-refractivity contribution in [3.63, 3.8) is 0 Å². The lowest BCUT2D eigenvalue weighted by atomic mass is 10.1. The molecule has 0 spiro atoms. The summed E-state index contributed by atoms with van der Waals surface area (Å²) in [5.74, 6) is -0.614. The highest BCUT2D eigenvalue weighted by atomic mass is 79.9. The third-order valence-corrected chi connectivity index (χ3v) is 3.43. The number of ether oxygens (including phenoxy) is 1. The highest BCUT2D eigenvalue weighted by molar-refractivity contribution is 9.10. The molecular weight excluding hydrogens is 300 g/mol. The number of esters is 1. The van der Waals surface area contributed by atoms with Crippen LogP contribution in [0.25, 0.3) is 0 Å². The Morgan fingerprint density at radius 1 is 1.50 bits per heavy atom. The molecule has 1 atom stereocenters. The number of aromatic nitrogens is 1. The van der Waals surface area contributed by atoms with Crippen molar-refractivity contribution in [3.05, 3.63) is 28.5 Å². The van der Waals surface area contributed by atoms with Gasteiger partial charge in [0.1, 0.15) is 5.69 Å². The first-order valence-corrected chi connectivity index (χ1v) is 6.39. The molecule has 1 aromatic heterocycles. The summed E-state index contributed by atoms with van der Waals surface area (Å²) in [7, 11) is 1.36. The van der Waals surface area contributed by atoms with Crippen molar-refractivity contribution in [2.24, 2.45) is 5.92 Å². The standard InChI is InChI=1S/C12H13BrN2O3/c1-18-12(17)8-4-5-15(7-8)11(16)10-3-2-9(13)6-14-10/h2-3,6,8H,4-5,7H2,1H3. The quantitative estimate of drug-likeness (QED) is 0.776. The van der Waals surface area contributed by atoms with E-state index < -0.39 is 0 Å². The molecule has 1 amide bonds. The van der Waals surface area contributed by atoms with E-state index in [2.05, 4.69) is 25.7 Å². The predicted molar refractivity (Wildman–Crippen MR) is 68.0 cm³/mol. The second-order valence-corrected chi connectivity index (χ2v) is 5.04. The smallest absolute Gasteiger partial charge is 0.310 e. The summed E-state index contributed by atoms with van der Waals surface area (Å²) in [6.45, 7) is 0.972. The first kappa shape index (κ1) is 13.0. The molecule has 0 aliphatic carbocycles. The van der Waals surface area contributed by atoms with Crippen LogP contribution in [0.5, 0.6) is 0 Å². The van der Waals surface area contributed by atoms with Gasteiger partial charge in [-0.3, -0.25) is 9.59 Å². The van der Waals surface area contributed by atoms with Gasteiger partial charge in [-0.1, -0.05) is 0 Å². The van der Waals surface area contributed by atoms with E-state index in [1.165, 1.54) is 7.11 Å². The van der Waals surface area contributed by atoms with E-state index in [1.807, 2.05) is 0 Å². The van der Waals surface area contributed by atoms with Crippen LogP contribution in [0.3, 0.4) is 0 Å². The summed E-state index contributed by atoms with van der Waals surface area (Å²) in [5.41, 5.74) is 0.392. The van der Waals surface area contributed by atoms with E-state index in [1.54, 1.807) is 23.2 Å². The van der Waals surface area contributed by atoms with Crippen LogP contribution in [0.1, 0.15) is 16.9 Å². The first-order chi connectivity index (χ1) is 8.61. The number of pyridine rings is 1. The van der Waals surface area contributed by atoms with Crippen LogP contribution in [-0.4, -0.2) is 42.0 Å². The van der Waals surface area contributed by atoms with Crippen LogP contribution < -0.4 is 0 Å². The molecule has 1 saturated heterocycles. The molecule has 1 fully saturated rings. The summed E-state index contributed by atoms with van der Waals surface area (Å²) in [6, 6.07) is 3.44. The molecular formula is C12H13BrN2O3. The zero-order valence-corrected chi connectivity index (χ0v) is 11.5. The molecule has 0 bridgehead atoms. The van der Waals surface area contributed by atoms with Crippen molar-refractivity contribution >= 4 is 27.8 Å². The van der Waals surface area contributed by atoms with Gasteiger partial charge < -0.3 is 9.64 Å². The third-order valence-electron chi connectivity index (χ3n) is 2.96. The molecule has 6 heteroatoms. The average molecular weight is 313 g/mol. The lowest BCUT2D eigenvalue weighted by Gasteiger charge is -2.15. The van der Waals surface area contributed by atoms with Crippen molar-refractivity contribution < 1.29 is 14.3 Å². The van der Waals surface area contributed by atoms with E-state index in [9.17, 15) is 9.59 Å². The number of amides is 1. The number of methoxy groups -OCH3 is 1. The fraction of sp³-hybridized carbons (Fsp3) is 0.417. The van der Waals surface area contributed by atoms with Gasteiger partial charge >= 0.3 is 5.97 Å². The minimum Gasteiger partial charge on any atom is -0.469 e. The largest absolute Gasteiger partial charge is 0.469 e. The summed E-state index contributed by atoms with van der Waals surface area (Å²) in [6.07, 6.45) is 2.23. The molecule has 96 valence electrons. The van der Waals surface area contributed by atoms with E-state index >= 15 is 0 Å². The molecule has 1 unspecified atom stereocenters. The van der Waals surface area contributed by atoms with Crippen molar-refractivity contribution in [1.29, 1.82) is 0 Å². The number of likely N-dealkylation sites (tertiary alicyclic amines) is 1. The highest BCUT2D eigenvalue weighted by Crippen LogP contribution is 2.19. The van der Waals surface area contributed by atoms with Gasteiger partial charge in [0.25, 0.3) is 5.91 Å². The lowest BCUT2D eigenvalue weighted by Crippen LogP contribution is -2.30. The Morgan fingerprint density at radius 3 is 2.89 bits per heavy atom. The number of rotatable bonds is 2. The Kier molecular flexibility index (Phi) is 3.96. The van der Waals surface area contributed by atoms with E-state index in [-0.39, 0.29) is 17.8 Å². The summed E-state index contributed by atoms with van der Waals surface area (Å²) < 4.78 is 5.51. The molecule has 1 aliphatic rings. The van der Waals surface area contributed by atoms with Gasteiger partial charge in [0.15, 0.2) is 0 Å². The van der Waals surface area contributed by atoms with Gasteiger partial charge in [-0.25, -0.2) is 4.98 Å². The van der Waals surface area contributed by atoms with Gasteiger partial charge in [-0.05, 0) is 34.5 Å². The number of halogens is 1. The molecule has 5 nitrogen and oxygen atoms in total. The van der Waals surface area contributed by atoms with Crippen molar-refractivity contribution in [2.75, 3.05) is 20.2 Å². The molecule has 0 aromatic carbocycles. The predicted octanol–water partition coefficient (Wildman–Crippen LogP) is 1.48. The second kappa shape index (κ2) is 5.48. The van der Waals surface area contributed by atoms with Gasteiger partial charge in [-0.15, -0.1) is 0 Å². The van der Waals surface area contributed by atoms with Crippen LogP contribution in [0.15, 0.2) is 22.8 Å². The summed E-state index contributed by atoms with van der Waals surface area (Å²) >= 11 is 3.27. The van der Waals surface area contributed by atoms with Crippen molar-refractivity contribution in [2.45, 2.75) is 6.42 Å². The minimum atomic E-state index is -0.255. The molecule has 0 saturated carbocycles. The maximum absolute atomic E-state index is 12.1. The Hall–Kier alpha value is -1.43. The number of carbonyl (C=O) groups excluding carboxylic acids is 2. The maximum atomic E-state index is 12.1. The van der Waals surface area contributed by atoms with Crippen molar-refractivity contribution in [3.8, 4) is 0 Å². The van der Waals surface area contributed by atoms with Gasteiger partial charge in [0, 0.05) is 23.8 Å². The van der Waals surface area contributed by atoms with Crippen LogP contribution in [0, 0.1) is 5.92 Å².